The van der Waals surface area contributed by atoms with Crippen LogP contribution >= 0.6 is 27.5 Å². The van der Waals surface area contributed by atoms with E-state index < -0.39 is 40.1 Å². The molecule has 1 aliphatic carbocycles. The van der Waals surface area contributed by atoms with Gasteiger partial charge in [0.25, 0.3) is 0 Å². The average molecular weight is 346 g/mol. The standard InChI is InChI=1S/C8H7BrClF6N/c9-3-1-2-4(10)5(3)17-6(2,7(11,12)13)8(14,15)16/h2-5,17H,1H2/t2-,3-,4+,5-/m1/s1. The molecule has 1 heterocycles. The minimum absolute atomic E-state index is 0.245. The lowest BCUT2D eigenvalue weighted by molar-refractivity contribution is -0.318. The molecule has 1 N–H and O–H groups in total. The Morgan fingerprint density at radius 2 is 1.59 bits per heavy atom. The normalized spacial score (nSPS) is 40.9. The molecule has 0 unspecified atom stereocenters. The number of hydrogen-bond donors (Lipinski definition) is 1. The second-order valence-electron chi connectivity index (χ2n) is 4.28. The molecule has 0 radical (unpaired) electrons. The highest BCUT2D eigenvalue weighted by molar-refractivity contribution is 9.09. The summed E-state index contributed by atoms with van der Waals surface area (Å²) in [6, 6.07) is -1.02. The first-order chi connectivity index (χ1) is 7.52. The number of rotatable bonds is 0. The van der Waals surface area contributed by atoms with Gasteiger partial charge in [-0.1, -0.05) is 15.9 Å². The molecular weight excluding hydrogens is 339 g/mol. The van der Waals surface area contributed by atoms with Crippen molar-refractivity contribution in [2.45, 2.75) is 40.6 Å². The molecule has 1 saturated carbocycles. The third kappa shape index (κ3) is 1.63. The van der Waals surface area contributed by atoms with Gasteiger partial charge in [-0.25, -0.2) is 0 Å². The van der Waals surface area contributed by atoms with E-state index >= 15 is 0 Å². The Morgan fingerprint density at radius 3 is 1.82 bits per heavy atom. The van der Waals surface area contributed by atoms with Gasteiger partial charge in [0.1, 0.15) is 0 Å². The number of fused-ring (bicyclic) bond motifs is 2. The molecule has 1 aliphatic heterocycles. The molecule has 0 aromatic heterocycles. The van der Waals surface area contributed by atoms with Crippen LogP contribution in [0.25, 0.3) is 0 Å². The zero-order chi connectivity index (χ0) is 13.2. The van der Waals surface area contributed by atoms with E-state index in [0.717, 1.165) is 0 Å². The zero-order valence-electron chi connectivity index (χ0n) is 8.04. The van der Waals surface area contributed by atoms with E-state index in [1.165, 1.54) is 0 Å². The smallest absolute Gasteiger partial charge is 0.290 e. The quantitative estimate of drug-likeness (QED) is 0.525. The SMILES string of the molecule is FC(F)(F)C1(C(F)(F)F)N[C@H]2[C@@H](Cl)[C@H]1C[C@H]2Br. The number of halogens is 8. The van der Waals surface area contributed by atoms with Crippen LogP contribution in [-0.2, 0) is 0 Å². The van der Waals surface area contributed by atoms with E-state index in [0.29, 0.717) is 0 Å². The van der Waals surface area contributed by atoms with E-state index in [2.05, 4.69) is 15.9 Å². The molecular formula is C8H7BrClF6N. The van der Waals surface area contributed by atoms with E-state index in [1.807, 2.05) is 0 Å². The molecule has 2 rings (SSSR count). The minimum atomic E-state index is -5.41. The Balaban J connectivity index is 2.48. The molecule has 2 fully saturated rings. The lowest BCUT2D eigenvalue weighted by Gasteiger charge is -2.41. The van der Waals surface area contributed by atoms with Crippen molar-refractivity contribution in [1.82, 2.24) is 5.32 Å². The summed E-state index contributed by atoms with van der Waals surface area (Å²) in [5, 5.41) is 0.476. The van der Waals surface area contributed by atoms with Crippen molar-refractivity contribution in [2.75, 3.05) is 0 Å². The van der Waals surface area contributed by atoms with Crippen LogP contribution in [0.15, 0.2) is 0 Å². The highest BCUT2D eigenvalue weighted by atomic mass is 79.9. The van der Waals surface area contributed by atoms with E-state index in [9.17, 15) is 26.3 Å². The van der Waals surface area contributed by atoms with Crippen LogP contribution < -0.4 is 5.32 Å². The largest absolute Gasteiger partial charge is 0.415 e. The van der Waals surface area contributed by atoms with Crippen LogP contribution in [0.1, 0.15) is 6.42 Å². The second-order valence-corrected chi connectivity index (χ2v) is 5.96. The van der Waals surface area contributed by atoms with Crippen LogP contribution in [0.5, 0.6) is 0 Å². The van der Waals surface area contributed by atoms with Crippen LogP contribution in [0.4, 0.5) is 26.3 Å². The number of nitrogens with one attached hydrogen (secondary N) is 1. The van der Waals surface area contributed by atoms with Gasteiger partial charge >= 0.3 is 12.4 Å². The summed E-state index contributed by atoms with van der Waals surface area (Å²) in [6.07, 6.45) is -11.1. The van der Waals surface area contributed by atoms with Crippen LogP contribution in [0, 0.1) is 5.92 Å². The van der Waals surface area contributed by atoms with Gasteiger partial charge in [0.2, 0.25) is 5.54 Å². The number of alkyl halides is 8. The minimum Gasteiger partial charge on any atom is -0.290 e. The van der Waals surface area contributed by atoms with Crippen molar-refractivity contribution < 1.29 is 26.3 Å². The first-order valence-corrected chi connectivity index (χ1v) is 6.07. The van der Waals surface area contributed by atoms with Crippen molar-refractivity contribution in [3.8, 4) is 0 Å². The summed E-state index contributed by atoms with van der Waals surface area (Å²) in [7, 11) is 0. The Bertz CT molecular complexity index is 315. The molecule has 9 heteroatoms. The van der Waals surface area contributed by atoms with E-state index in [-0.39, 0.29) is 6.42 Å². The fraction of sp³-hybridized carbons (Fsp3) is 1.00. The Morgan fingerprint density at radius 1 is 1.12 bits per heavy atom. The molecule has 1 saturated heterocycles. The maximum Gasteiger partial charge on any atom is 0.415 e. The summed E-state index contributed by atoms with van der Waals surface area (Å²) in [6.45, 7) is 0. The van der Waals surface area contributed by atoms with Gasteiger partial charge in [-0.3, -0.25) is 5.32 Å². The molecule has 2 bridgehead atoms. The molecule has 2 aliphatic rings. The van der Waals surface area contributed by atoms with Crippen LogP contribution in [-0.4, -0.2) is 34.1 Å². The van der Waals surface area contributed by atoms with Gasteiger partial charge in [0, 0.05) is 16.8 Å². The lowest BCUT2D eigenvalue weighted by Crippen LogP contribution is -2.70. The highest BCUT2D eigenvalue weighted by Gasteiger charge is 2.81. The Kier molecular flexibility index (Phi) is 2.96. The monoisotopic (exact) mass is 345 g/mol. The van der Waals surface area contributed by atoms with Gasteiger partial charge in [-0.15, -0.1) is 11.6 Å². The Labute approximate surface area is 106 Å². The topological polar surface area (TPSA) is 12.0 Å². The maximum absolute atomic E-state index is 12.8. The van der Waals surface area contributed by atoms with Gasteiger partial charge in [0.15, 0.2) is 0 Å². The highest BCUT2D eigenvalue weighted by Crippen LogP contribution is 2.59. The third-order valence-electron chi connectivity index (χ3n) is 3.44. The first-order valence-electron chi connectivity index (χ1n) is 4.71. The molecule has 17 heavy (non-hydrogen) atoms. The predicted octanol–water partition coefficient (Wildman–Crippen LogP) is 3.21. The van der Waals surface area contributed by atoms with Gasteiger partial charge in [-0.05, 0) is 6.42 Å². The molecule has 1 nitrogen and oxygen atoms in total. The van der Waals surface area contributed by atoms with Crippen LogP contribution in [0.3, 0.4) is 0 Å². The lowest BCUT2D eigenvalue weighted by atomic mass is 9.82. The van der Waals surface area contributed by atoms with Gasteiger partial charge < -0.3 is 0 Å². The molecule has 0 spiro atoms. The number of hydrogen-bond acceptors (Lipinski definition) is 1. The average Bonchev–Trinajstić information content (AvgIpc) is 2.53. The summed E-state index contributed by atoms with van der Waals surface area (Å²) in [5.41, 5.74) is -3.87. The number of piperidine rings is 1. The van der Waals surface area contributed by atoms with Crippen molar-refractivity contribution >= 4 is 27.5 Å². The molecule has 0 amide bonds. The Hall–Kier alpha value is 0.310. The van der Waals surface area contributed by atoms with E-state index in [1.54, 1.807) is 5.32 Å². The second kappa shape index (κ2) is 3.66. The summed E-state index contributed by atoms with van der Waals surface area (Å²) >= 11 is 8.71. The van der Waals surface area contributed by atoms with Crippen molar-refractivity contribution in [2.24, 2.45) is 5.92 Å². The summed E-state index contributed by atoms with van der Waals surface area (Å²) in [4.78, 5) is -0.465. The first kappa shape index (κ1) is 13.7. The van der Waals surface area contributed by atoms with Crippen molar-refractivity contribution in [3.63, 3.8) is 0 Å². The van der Waals surface area contributed by atoms with Crippen LogP contribution in [0.2, 0.25) is 0 Å². The molecule has 100 valence electrons. The van der Waals surface area contributed by atoms with Gasteiger partial charge in [-0.2, -0.15) is 26.3 Å². The third-order valence-corrected chi connectivity index (χ3v) is 4.96. The maximum atomic E-state index is 12.8. The fourth-order valence-corrected chi connectivity index (χ4v) is 4.24. The molecule has 0 aromatic rings. The summed E-state index contributed by atoms with van der Waals surface area (Å²) < 4.78 is 76.9. The fourth-order valence-electron chi connectivity index (χ4n) is 2.67. The van der Waals surface area contributed by atoms with Gasteiger partial charge in [0.05, 0.1) is 5.38 Å². The summed E-state index contributed by atoms with van der Waals surface area (Å²) in [5.74, 6) is -1.70. The van der Waals surface area contributed by atoms with E-state index in [4.69, 9.17) is 11.6 Å². The molecule has 0 aromatic carbocycles. The van der Waals surface area contributed by atoms with Crippen molar-refractivity contribution in [3.05, 3.63) is 0 Å². The zero-order valence-corrected chi connectivity index (χ0v) is 10.4. The van der Waals surface area contributed by atoms with Crippen molar-refractivity contribution in [1.29, 1.82) is 0 Å². The molecule has 4 atom stereocenters. The predicted molar refractivity (Wildman–Crippen MR) is 52.2 cm³/mol.